The maximum Gasteiger partial charge on any atom is 0.129 e. The number of anilines is 1. The number of rotatable bonds is 4. The molecule has 0 spiro atoms. The highest BCUT2D eigenvalue weighted by Gasteiger charge is 2.17. The Morgan fingerprint density at radius 3 is 2.72 bits per heavy atom. The molecule has 0 fully saturated rings. The predicted molar refractivity (Wildman–Crippen MR) is 63.1 cm³/mol. The number of aromatic nitrogens is 2. The minimum atomic E-state index is -0.615. The van der Waals surface area contributed by atoms with Gasteiger partial charge in [0.1, 0.15) is 17.5 Å². The summed E-state index contributed by atoms with van der Waals surface area (Å²) in [5.74, 6) is 4.55. The molecule has 18 heavy (non-hydrogen) atoms. The van der Waals surface area contributed by atoms with E-state index >= 15 is 0 Å². The Hall–Kier alpha value is -1.99. The molecule has 0 saturated heterocycles. The largest absolute Gasteiger partial charge is 0.384 e. The minimum Gasteiger partial charge on any atom is -0.384 e. The topological polar surface area (TPSA) is 92.7 Å². The summed E-state index contributed by atoms with van der Waals surface area (Å²) < 4.78 is 26.3. The van der Waals surface area contributed by atoms with E-state index in [0.29, 0.717) is 16.9 Å². The van der Waals surface area contributed by atoms with Gasteiger partial charge in [0.25, 0.3) is 0 Å². The lowest BCUT2D eigenvalue weighted by Crippen LogP contribution is -2.30. The van der Waals surface area contributed by atoms with E-state index in [9.17, 15) is 8.78 Å². The van der Waals surface area contributed by atoms with E-state index in [1.54, 1.807) is 0 Å². The van der Waals surface area contributed by atoms with Crippen molar-refractivity contribution in [1.82, 2.24) is 15.6 Å². The molecule has 96 valence electrons. The fraction of sp³-hybridized carbons (Fsp3) is 0.182. The molecule has 1 heterocycles. The van der Waals surface area contributed by atoms with E-state index in [1.165, 1.54) is 18.3 Å². The molecule has 1 aromatic heterocycles. The zero-order valence-corrected chi connectivity index (χ0v) is 9.45. The van der Waals surface area contributed by atoms with E-state index < -0.39 is 17.7 Å². The summed E-state index contributed by atoms with van der Waals surface area (Å²) in [6, 6.07) is 3.01. The van der Waals surface area contributed by atoms with Crippen LogP contribution in [0.25, 0.3) is 0 Å². The van der Waals surface area contributed by atoms with Crippen LogP contribution in [0.5, 0.6) is 0 Å². The summed E-state index contributed by atoms with van der Waals surface area (Å²) in [6.45, 7) is 0. The molecule has 6 N–H and O–H groups in total. The molecule has 0 radical (unpaired) electrons. The predicted octanol–water partition coefficient (Wildman–Crippen LogP) is 1.02. The van der Waals surface area contributed by atoms with E-state index in [2.05, 4.69) is 15.6 Å². The molecule has 1 atom stereocenters. The van der Waals surface area contributed by atoms with Crippen molar-refractivity contribution in [3.8, 4) is 0 Å². The third kappa shape index (κ3) is 2.47. The van der Waals surface area contributed by atoms with Crippen molar-refractivity contribution >= 4 is 5.82 Å². The van der Waals surface area contributed by atoms with Crippen LogP contribution >= 0.6 is 0 Å². The van der Waals surface area contributed by atoms with E-state index in [-0.39, 0.29) is 6.42 Å². The van der Waals surface area contributed by atoms with Crippen molar-refractivity contribution < 1.29 is 8.78 Å². The number of nitrogens with zero attached hydrogens (tertiary/aromatic N) is 1. The monoisotopic (exact) mass is 253 g/mol. The van der Waals surface area contributed by atoms with Gasteiger partial charge in [-0.2, -0.15) is 5.10 Å². The number of hydrazine groups is 1. The highest BCUT2D eigenvalue weighted by molar-refractivity contribution is 5.40. The molecular formula is C11H13F2N5. The Kier molecular flexibility index (Phi) is 3.54. The molecule has 1 aromatic carbocycles. The van der Waals surface area contributed by atoms with Gasteiger partial charge in [-0.05, 0) is 18.1 Å². The molecular weight excluding hydrogens is 240 g/mol. The molecule has 0 bridgehead atoms. The van der Waals surface area contributed by atoms with Crippen LogP contribution in [0.4, 0.5) is 14.6 Å². The van der Waals surface area contributed by atoms with Crippen molar-refractivity contribution in [3.63, 3.8) is 0 Å². The lowest BCUT2D eigenvalue weighted by Gasteiger charge is -2.15. The summed E-state index contributed by atoms with van der Waals surface area (Å²) in [5, 5.41) is 6.34. The van der Waals surface area contributed by atoms with Gasteiger partial charge in [-0.25, -0.2) is 8.78 Å². The highest BCUT2D eigenvalue weighted by atomic mass is 19.1. The standard InChI is InChI=1S/C11H13F2N5/c12-7-2-1-6(9(13)4-7)3-10(17-15)8-5-16-18-11(8)14/h1-2,4-5,10,17H,3,15H2,(H3,14,16,18). The third-order valence-electron chi connectivity index (χ3n) is 2.72. The van der Waals surface area contributed by atoms with Gasteiger partial charge in [0.15, 0.2) is 0 Å². The summed E-state index contributed by atoms with van der Waals surface area (Å²) in [5.41, 5.74) is 9.19. The number of benzene rings is 1. The van der Waals surface area contributed by atoms with Crippen LogP contribution < -0.4 is 17.0 Å². The van der Waals surface area contributed by atoms with Gasteiger partial charge in [-0.3, -0.25) is 16.4 Å². The van der Waals surface area contributed by atoms with Gasteiger partial charge in [-0.1, -0.05) is 6.07 Å². The zero-order valence-electron chi connectivity index (χ0n) is 9.45. The Labute approximate surface area is 102 Å². The average molecular weight is 253 g/mol. The quantitative estimate of drug-likeness (QED) is 0.483. The van der Waals surface area contributed by atoms with Crippen LogP contribution in [-0.2, 0) is 6.42 Å². The number of aromatic amines is 1. The van der Waals surface area contributed by atoms with Gasteiger partial charge in [0.05, 0.1) is 12.2 Å². The number of hydrogen-bond donors (Lipinski definition) is 4. The molecule has 1 unspecified atom stereocenters. The van der Waals surface area contributed by atoms with Crippen LogP contribution in [0, 0.1) is 11.6 Å². The Morgan fingerprint density at radius 2 is 2.17 bits per heavy atom. The maximum absolute atomic E-state index is 13.5. The van der Waals surface area contributed by atoms with Crippen molar-refractivity contribution in [3.05, 3.63) is 47.2 Å². The molecule has 0 aliphatic carbocycles. The average Bonchev–Trinajstić information content (AvgIpc) is 2.75. The Bertz CT molecular complexity index is 540. The number of H-pyrrole nitrogens is 1. The molecule has 0 aliphatic rings. The van der Waals surface area contributed by atoms with Crippen molar-refractivity contribution in [1.29, 1.82) is 0 Å². The molecule has 0 aliphatic heterocycles. The van der Waals surface area contributed by atoms with Gasteiger partial charge >= 0.3 is 0 Å². The number of nitrogen functional groups attached to an aromatic ring is 1. The molecule has 2 aromatic rings. The number of nitrogens with one attached hydrogen (secondary N) is 2. The van der Waals surface area contributed by atoms with Crippen LogP contribution in [0.1, 0.15) is 17.2 Å². The maximum atomic E-state index is 13.5. The number of hydrogen-bond acceptors (Lipinski definition) is 4. The first-order valence-corrected chi connectivity index (χ1v) is 5.30. The number of nitrogens with two attached hydrogens (primary N) is 2. The SMILES string of the molecule is NNC(Cc1ccc(F)cc1F)c1cn[nH]c1N. The second-order valence-corrected chi connectivity index (χ2v) is 3.90. The van der Waals surface area contributed by atoms with E-state index in [0.717, 1.165) is 6.07 Å². The Balaban J connectivity index is 2.23. The fourth-order valence-electron chi connectivity index (χ4n) is 1.75. The Morgan fingerprint density at radius 1 is 1.39 bits per heavy atom. The highest BCUT2D eigenvalue weighted by Crippen LogP contribution is 2.22. The van der Waals surface area contributed by atoms with Crippen molar-refractivity contribution in [2.45, 2.75) is 12.5 Å². The molecule has 0 saturated carbocycles. The van der Waals surface area contributed by atoms with E-state index in [1.807, 2.05) is 0 Å². The van der Waals surface area contributed by atoms with Crippen LogP contribution in [0.3, 0.4) is 0 Å². The van der Waals surface area contributed by atoms with Crippen LogP contribution in [0.2, 0.25) is 0 Å². The minimum absolute atomic E-state index is 0.242. The van der Waals surface area contributed by atoms with Gasteiger partial charge in [0, 0.05) is 11.6 Å². The molecule has 7 heteroatoms. The summed E-state index contributed by atoms with van der Waals surface area (Å²) in [6.07, 6.45) is 1.76. The van der Waals surface area contributed by atoms with Crippen molar-refractivity contribution in [2.75, 3.05) is 5.73 Å². The summed E-state index contributed by atoms with van der Waals surface area (Å²) >= 11 is 0. The van der Waals surface area contributed by atoms with Gasteiger partial charge < -0.3 is 5.73 Å². The van der Waals surface area contributed by atoms with Gasteiger partial charge in [0.2, 0.25) is 0 Å². The lowest BCUT2D eigenvalue weighted by molar-refractivity contribution is 0.523. The lowest BCUT2D eigenvalue weighted by atomic mass is 10.0. The first kappa shape index (κ1) is 12.5. The van der Waals surface area contributed by atoms with Crippen molar-refractivity contribution in [2.24, 2.45) is 5.84 Å². The van der Waals surface area contributed by atoms with Gasteiger partial charge in [-0.15, -0.1) is 0 Å². The first-order valence-electron chi connectivity index (χ1n) is 5.30. The first-order chi connectivity index (χ1) is 8.61. The second-order valence-electron chi connectivity index (χ2n) is 3.90. The summed E-state index contributed by atoms with van der Waals surface area (Å²) in [7, 11) is 0. The summed E-state index contributed by atoms with van der Waals surface area (Å²) in [4.78, 5) is 0. The zero-order chi connectivity index (χ0) is 13.1. The molecule has 2 rings (SSSR count). The second kappa shape index (κ2) is 5.11. The fourth-order valence-corrected chi connectivity index (χ4v) is 1.75. The normalized spacial score (nSPS) is 12.6. The van der Waals surface area contributed by atoms with E-state index in [4.69, 9.17) is 11.6 Å². The third-order valence-corrected chi connectivity index (χ3v) is 2.72. The molecule has 5 nitrogen and oxygen atoms in total. The molecule has 0 amide bonds. The van der Waals surface area contributed by atoms with Crippen LogP contribution in [0.15, 0.2) is 24.4 Å². The number of halogens is 2. The van der Waals surface area contributed by atoms with Crippen LogP contribution in [-0.4, -0.2) is 10.2 Å². The smallest absolute Gasteiger partial charge is 0.129 e.